The zero-order chi connectivity index (χ0) is 13.6. The lowest BCUT2D eigenvalue weighted by Crippen LogP contribution is -2.43. The molecule has 1 aromatic rings. The first kappa shape index (κ1) is 12.9. The first-order valence-electron chi connectivity index (χ1n) is 5.25. The molecule has 0 N–H and O–H groups in total. The SMILES string of the molecule is COc1ccc(C2N=C(C)C(F)(F)C2(F)F)cc1. The number of hydrogen-bond acceptors (Lipinski definition) is 2. The van der Waals surface area contributed by atoms with Gasteiger partial charge in [0.15, 0.2) is 0 Å². The normalized spacial score (nSPS) is 24.8. The molecule has 98 valence electrons. The molecule has 1 atom stereocenters. The lowest BCUT2D eigenvalue weighted by Gasteiger charge is -2.23. The molecule has 0 bridgehead atoms. The maximum Gasteiger partial charge on any atom is 0.349 e. The van der Waals surface area contributed by atoms with Crippen LogP contribution >= 0.6 is 0 Å². The Balaban J connectivity index is 2.39. The Kier molecular flexibility index (Phi) is 2.83. The topological polar surface area (TPSA) is 21.6 Å². The van der Waals surface area contributed by atoms with E-state index in [2.05, 4.69) is 4.99 Å². The van der Waals surface area contributed by atoms with E-state index in [4.69, 9.17) is 4.74 Å². The zero-order valence-electron chi connectivity index (χ0n) is 9.75. The molecular weight excluding hydrogens is 250 g/mol. The summed E-state index contributed by atoms with van der Waals surface area (Å²) >= 11 is 0. The molecule has 1 aliphatic rings. The smallest absolute Gasteiger partial charge is 0.349 e. The molecule has 0 radical (unpaired) electrons. The summed E-state index contributed by atoms with van der Waals surface area (Å²) in [7, 11) is 1.43. The van der Waals surface area contributed by atoms with Crippen LogP contribution in [-0.4, -0.2) is 24.7 Å². The van der Waals surface area contributed by atoms with Crippen molar-refractivity contribution in [3.05, 3.63) is 29.8 Å². The summed E-state index contributed by atoms with van der Waals surface area (Å²) in [5, 5.41) is 0. The number of nitrogens with zero attached hydrogens (tertiary/aromatic N) is 1. The quantitative estimate of drug-likeness (QED) is 0.747. The Labute approximate surface area is 101 Å². The van der Waals surface area contributed by atoms with Crippen molar-refractivity contribution in [3.8, 4) is 5.75 Å². The van der Waals surface area contributed by atoms with Gasteiger partial charge in [-0.25, -0.2) is 0 Å². The highest BCUT2D eigenvalue weighted by molar-refractivity contribution is 5.92. The van der Waals surface area contributed by atoms with Crippen LogP contribution in [0.4, 0.5) is 17.6 Å². The molecule has 6 heteroatoms. The summed E-state index contributed by atoms with van der Waals surface area (Å²) in [5.41, 5.74) is -0.800. The Morgan fingerprint density at radius 1 is 1.11 bits per heavy atom. The van der Waals surface area contributed by atoms with E-state index in [1.54, 1.807) is 0 Å². The molecule has 0 saturated heterocycles. The maximum absolute atomic E-state index is 13.6. The molecule has 0 fully saturated rings. The fourth-order valence-corrected chi connectivity index (χ4v) is 1.84. The van der Waals surface area contributed by atoms with Crippen molar-refractivity contribution in [3.63, 3.8) is 0 Å². The van der Waals surface area contributed by atoms with Gasteiger partial charge in [0.2, 0.25) is 0 Å². The molecule has 0 saturated carbocycles. The van der Waals surface area contributed by atoms with Gasteiger partial charge in [-0.15, -0.1) is 0 Å². The van der Waals surface area contributed by atoms with E-state index in [1.807, 2.05) is 0 Å². The molecule has 1 aliphatic heterocycles. The summed E-state index contributed by atoms with van der Waals surface area (Å²) in [6, 6.07) is 3.66. The van der Waals surface area contributed by atoms with Gasteiger partial charge < -0.3 is 4.74 Å². The van der Waals surface area contributed by atoms with Gasteiger partial charge >= 0.3 is 11.8 Å². The Morgan fingerprint density at radius 2 is 1.67 bits per heavy atom. The second kappa shape index (κ2) is 3.96. The van der Waals surface area contributed by atoms with E-state index in [0.717, 1.165) is 6.92 Å². The number of aliphatic imine (C=N–C) groups is 1. The van der Waals surface area contributed by atoms with Crippen LogP contribution in [-0.2, 0) is 0 Å². The van der Waals surface area contributed by atoms with Crippen molar-refractivity contribution in [2.45, 2.75) is 24.8 Å². The van der Waals surface area contributed by atoms with Crippen LogP contribution in [0, 0.1) is 0 Å². The molecule has 1 heterocycles. The molecule has 0 aliphatic carbocycles. The number of ether oxygens (including phenoxy) is 1. The largest absolute Gasteiger partial charge is 0.497 e. The van der Waals surface area contributed by atoms with E-state index >= 15 is 0 Å². The minimum Gasteiger partial charge on any atom is -0.497 e. The zero-order valence-corrected chi connectivity index (χ0v) is 9.75. The molecule has 0 amide bonds. The van der Waals surface area contributed by atoms with Gasteiger partial charge in [0.1, 0.15) is 11.8 Å². The maximum atomic E-state index is 13.6. The Hall–Kier alpha value is -1.59. The average molecular weight is 261 g/mol. The fraction of sp³-hybridized carbons (Fsp3) is 0.417. The van der Waals surface area contributed by atoms with Crippen LogP contribution in [0.3, 0.4) is 0 Å². The van der Waals surface area contributed by atoms with Crippen molar-refractivity contribution in [2.75, 3.05) is 7.11 Å². The summed E-state index contributed by atoms with van der Waals surface area (Å²) in [4.78, 5) is 3.40. The highest BCUT2D eigenvalue weighted by atomic mass is 19.3. The second-order valence-electron chi connectivity index (χ2n) is 4.09. The molecule has 0 spiro atoms. The fourth-order valence-electron chi connectivity index (χ4n) is 1.84. The molecule has 2 rings (SSSR count). The average Bonchev–Trinajstić information content (AvgIpc) is 2.49. The van der Waals surface area contributed by atoms with Gasteiger partial charge in [-0.3, -0.25) is 4.99 Å². The van der Waals surface area contributed by atoms with E-state index in [1.165, 1.54) is 31.4 Å². The Bertz CT molecular complexity index is 481. The number of methoxy groups -OCH3 is 1. The third-order valence-corrected chi connectivity index (χ3v) is 2.97. The number of hydrogen-bond donors (Lipinski definition) is 0. The Morgan fingerprint density at radius 3 is 2.06 bits per heavy atom. The number of halogens is 4. The van der Waals surface area contributed by atoms with E-state index in [-0.39, 0.29) is 5.56 Å². The molecule has 18 heavy (non-hydrogen) atoms. The summed E-state index contributed by atoms with van der Waals surface area (Å²) in [6.07, 6.45) is 0. The lowest BCUT2D eigenvalue weighted by molar-refractivity contribution is -0.168. The number of alkyl halides is 4. The van der Waals surface area contributed by atoms with Crippen molar-refractivity contribution in [1.29, 1.82) is 0 Å². The van der Waals surface area contributed by atoms with Crippen molar-refractivity contribution in [1.82, 2.24) is 0 Å². The van der Waals surface area contributed by atoms with Gasteiger partial charge in [0, 0.05) is 0 Å². The molecular formula is C12H11F4NO. The number of benzene rings is 1. The van der Waals surface area contributed by atoms with Gasteiger partial charge in [-0.2, -0.15) is 17.6 Å². The van der Waals surface area contributed by atoms with Gasteiger partial charge in [-0.05, 0) is 24.6 Å². The number of rotatable bonds is 2. The molecule has 1 unspecified atom stereocenters. The minimum atomic E-state index is -4.20. The monoisotopic (exact) mass is 261 g/mol. The minimum absolute atomic E-state index is 0.0392. The van der Waals surface area contributed by atoms with E-state index in [9.17, 15) is 17.6 Å². The highest BCUT2D eigenvalue weighted by Crippen LogP contribution is 2.51. The third kappa shape index (κ3) is 1.67. The molecule has 2 nitrogen and oxygen atoms in total. The summed E-state index contributed by atoms with van der Waals surface area (Å²) < 4.78 is 58.7. The summed E-state index contributed by atoms with van der Waals surface area (Å²) in [6.45, 7) is 0.914. The van der Waals surface area contributed by atoms with Crippen molar-refractivity contribution in [2.24, 2.45) is 4.99 Å². The van der Waals surface area contributed by atoms with E-state index < -0.39 is 23.6 Å². The molecule has 1 aromatic carbocycles. The molecule has 0 aromatic heterocycles. The van der Waals surface area contributed by atoms with Crippen LogP contribution < -0.4 is 4.74 Å². The first-order chi connectivity index (χ1) is 8.30. The highest BCUT2D eigenvalue weighted by Gasteiger charge is 2.67. The van der Waals surface area contributed by atoms with Crippen LogP contribution in [0.15, 0.2) is 29.3 Å². The van der Waals surface area contributed by atoms with E-state index in [0.29, 0.717) is 5.75 Å². The lowest BCUT2D eigenvalue weighted by atomic mass is 9.98. The van der Waals surface area contributed by atoms with Crippen LogP contribution in [0.25, 0.3) is 0 Å². The van der Waals surface area contributed by atoms with Gasteiger partial charge in [0.25, 0.3) is 0 Å². The second-order valence-corrected chi connectivity index (χ2v) is 4.09. The standard InChI is InChI=1S/C12H11F4NO/c1-7-11(13,14)12(15,16)10(17-7)8-3-5-9(18-2)6-4-8/h3-6,10H,1-2H3. The van der Waals surface area contributed by atoms with Crippen LogP contribution in [0.5, 0.6) is 5.75 Å². The van der Waals surface area contributed by atoms with Crippen molar-refractivity contribution < 1.29 is 22.3 Å². The van der Waals surface area contributed by atoms with Gasteiger partial charge in [0.05, 0.1) is 12.8 Å². The predicted octanol–water partition coefficient (Wildman–Crippen LogP) is 3.48. The summed E-state index contributed by atoms with van der Waals surface area (Å²) in [5.74, 6) is -7.93. The van der Waals surface area contributed by atoms with Crippen LogP contribution in [0.1, 0.15) is 18.5 Å². The first-order valence-corrected chi connectivity index (χ1v) is 5.25. The van der Waals surface area contributed by atoms with Gasteiger partial charge in [-0.1, -0.05) is 12.1 Å². The van der Waals surface area contributed by atoms with Crippen molar-refractivity contribution >= 4 is 5.71 Å². The predicted molar refractivity (Wildman–Crippen MR) is 58.7 cm³/mol. The van der Waals surface area contributed by atoms with Crippen LogP contribution in [0.2, 0.25) is 0 Å². The third-order valence-electron chi connectivity index (χ3n) is 2.97.